The molecule has 3 rings (SSSR count). The Balaban J connectivity index is 1.69. The first-order valence-electron chi connectivity index (χ1n) is 8.46. The molecule has 5 heteroatoms. The Morgan fingerprint density at radius 1 is 1.24 bits per heavy atom. The average Bonchev–Trinajstić information content (AvgIpc) is 3.00. The lowest BCUT2D eigenvalue weighted by molar-refractivity contribution is -0.128. The molecule has 130 valence electrons. The molecule has 0 spiro atoms. The zero-order chi connectivity index (χ0) is 17.8. The molecule has 0 aliphatic carbocycles. The Hall–Kier alpha value is -2.33. The van der Waals surface area contributed by atoms with E-state index in [4.69, 9.17) is 11.6 Å². The fourth-order valence-electron chi connectivity index (χ4n) is 3.09. The van der Waals surface area contributed by atoms with Crippen LogP contribution < -0.4 is 5.32 Å². The number of likely N-dealkylation sites (tertiary alicyclic amines) is 1. The molecule has 0 saturated carbocycles. The summed E-state index contributed by atoms with van der Waals surface area (Å²) in [5, 5.41) is 3.61. The third-order valence-electron chi connectivity index (χ3n) is 4.45. The second kappa shape index (κ2) is 7.70. The number of hydrogen-bond acceptors (Lipinski definition) is 2. The quantitative estimate of drug-likeness (QED) is 0.881. The number of amides is 2. The minimum Gasteiger partial charge on any atom is -0.345 e. The number of hydrogen-bond donors (Lipinski definition) is 1. The van der Waals surface area contributed by atoms with Crippen LogP contribution in [0, 0.1) is 0 Å². The number of benzene rings is 2. The van der Waals surface area contributed by atoms with Crippen LogP contribution in [-0.4, -0.2) is 23.3 Å². The molecule has 1 heterocycles. The van der Waals surface area contributed by atoms with Crippen molar-refractivity contribution in [3.63, 3.8) is 0 Å². The van der Waals surface area contributed by atoms with E-state index in [-0.39, 0.29) is 17.9 Å². The van der Waals surface area contributed by atoms with Gasteiger partial charge in [-0.2, -0.15) is 0 Å². The van der Waals surface area contributed by atoms with Crippen LogP contribution in [0.1, 0.15) is 47.3 Å². The normalized spacial score (nSPS) is 15.3. The van der Waals surface area contributed by atoms with Crippen molar-refractivity contribution in [2.24, 2.45) is 0 Å². The van der Waals surface area contributed by atoms with E-state index < -0.39 is 0 Å². The highest BCUT2D eigenvalue weighted by atomic mass is 35.5. The van der Waals surface area contributed by atoms with Gasteiger partial charge in [0.15, 0.2) is 0 Å². The summed E-state index contributed by atoms with van der Waals surface area (Å²) in [6.45, 7) is 3.25. The Morgan fingerprint density at radius 2 is 2.04 bits per heavy atom. The molecule has 0 unspecified atom stereocenters. The molecule has 4 nitrogen and oxygen atoms in total. The van der Waals surface area contributed by atoms with Crippen LogP contribution in [0.25, 0.3) is 0 Å². The standard InChI is InChI=1S/C20H21ClN2O2/c1-14(17-8-2-3-9-18(17)21)22-20(25)16-7-4-6-15(12-16)13-23-11-5-10-19(23)24/h2-4,6-9,12,14H,5,10-11,13H2,1H3,(H,22,25)/t14-/m0/s1. The van der Waals surface area contributed by atoms with Gasteiger partial charge >= 0.3 is 0 Å². The van der Waals surface area contributed by atoms with Crippen LogP contribution in [0.3, 0.4) is 0 Å². The Kier molecular flexibility index (Phi) is 5.39. The molecule has 2 aromatic rings. The van der Waals surface area contributed by atoms with Crippen molar-refractivity contribution in [1.29, 1.82) is 0 Å². The zero-order valence-electron chi connectivity index (χ0n) is 14.2. The molecule has 0 aromatic heterocycles. The van der Waals surface area contributed by atoms with Crippen LogP contribution in [-0.2, 0) is 11.3 Å². The van der Waals surface area contributed by atoms with E-state index in [9.17, 15) is 9.59 Å². The first kappa shape index (κ1) is 17.5. The summed E-state index contributed by atoms with van der Waals surface area (Å²) < 4.78 is 0. The number of carbonyl (C=O) groups excluding carboxylic acids is 2. The van der Waals surface area contributed by atoms with Gasteiger partial charge in [0.1, 0.15) is 0 Å². The highest BCUT2D eigenvalue weighted by Crippen LogP contribution is 2.22. The molecule has 1 aliphatic heterocycles. The number of carbonyl (C=O) groups is 2. The van der Waals surface area contributed by atoms with E-state index in [1.165, 1.54) is 0 Å². The molecule has 0 bridgehead atoms. The second-order valence-corrected chi connectivity index (χ2v) is 6.74. The van der Waals surface area contributed by atoms with E-state index >= 15 is 0 Å². The van der Waals surface area contributed by atoms with Crippen molar-refractivity contribution >= 4 is 23.4 Å². The molecule has 1 aliphatic rings. The predicted molar refractivity (Wildman–Crippen MR) is 98.4 cm³/mol. The summed E-state index contributed by atoms with van der Waals surface area (Å²) in [7, 11) is 0. The van der Waals surface area contributed by atoms with Crippen molar-refractivity contribution in [1.82, 2.24) is 10.2 Å². The van der Waals surface area contributed by atoms with Crippen molar-refractivity contribution in [3.05, 3.63) is 70.2 Å². The van der Waals surface area contributed by atoms with E-state index in [0.717, 1.165) is 24.1 Å². The molecular formula is C20H21ClN2O2. The first-order valence-corrected chi connectivity index (χ1v) is 8.84. The van der Waals surface area contributed by atoms with Gasteiger partial charge < -0.3 is 10.2 Å². The van der Waals surface area contributed by atoms with E-state index in [1.54, 1.807) is 6.07 Å². The second-order valence-electron chi connectivity index (χ2n) is 6.34. The van der Waals surface area contributed by atoms with Crippen molar-refractivity contribution in [2.75, 3.05) is 6.54 Å². The summed E-state index contributed by atoms with van der Waals surface area (Å²) in [6, 6.07) is 14.7. The maximum atomic E-state index is 12.6. The van der Waals surface area contributed by atoms with Gasteiger partial charge in [0.05, 0.1) is 6.04 Å². The summed E-state index contributed by atoms with van der Waals surface area (Å²) >= 11 is 6.19. The van der Waals surface area contributed by atoms with Gasteiger partial charge in [-0.1, -0.05) is 41.9 Å². The average molecular weight is 357 g/mol. The molecule has 1 fully saturated rings. The van der Waals surface area contributed by atoms with E-state index in [0.29, 0.717) is 23.6 Å². The molecule has 25 heavy (non-hydrogen) atoms. The lowest BCUT2D eigenvalue weighted by atomic mass is 10.1. The van der Waals surface area contributed by atoms with E-state index in [2.05, 4.69) is 5.32 Å². The van der Waals surface area contributed by atoms with Gasteiger partial charge in [0, 0.05) is 30.1 Å². The number of rotatable bonds is 5. The Morgan fingerprint density at radius 3 is 2.76 bits per heavy atom. The fraction of sp³-hybridized carbons (Fsp3) is 0.300. The van der Waals surface area contributed by atoms with Crippen LogP contribution in [0.15, 0.2) is 48.5 Å². The smallest absolute Gasteiger partial charge is 0.251 e. The van der Waals surface area contributed by atoms with Gasteiger partial charge in [0.2, 0.25) is 5.91 Å². The number of nitrogens with zero attached hydrogens (tertiary/aromatic N) is 1. The van der Waals surface area contributed by atoms with Crippen LogP contribution in [0.2, 0.25) is 5.02 Å². The van der Waals surface area contributed by atoms with Gasteiger partial charge in [0.25, 0.3) is 5.91 Å². The van der Waals surface area contributed by atoms with Crippen molar-refractivity contribution < 1.29 is 9.59 Å². The summed E-state index contributed by atoms with van der Waals surface area (Å²) in [6.07, 6.45) is 1.53. The predicted octanol–water partition coefficient (Wildman–Crippen LogP) is 3.95. The summed E-state index contributed by atoms with van der Waals surface area (Å²) in [4.78, 5) is 26.2. The summed E-state index contributed by atoms with van der Waals surface area (Å²) in [5.74, 6) is 0.0317. The number of halogens is 1. The zero-order valence-corrected chi connectivity index (χ0v) is 14.9. The van der Waals surface area contributed by atoms with Gasteiger partial charge in [-0.3, -0.25) is 9.59 Å². The maximum absolute atomic E-state index is 12.6. The van der Waals surface area contributed by atoms with Gasteiger partial charge in [-0.15, -0.1) is 0 Å². The lowest BCUT2D eigenvalue weighted by Crippen LogP contribution is -2.27. The molecule has 2 amide bonds. The minimum atomic E-state index is -0.190. The minimum absolute atomic E-state index is 0.151. The molecule has 1 N–H and O–H groups in total. The first-order chi connectivity index (χ1) is 12.0. The van der Waals surface area contributed by atoms with E-state index in [1.807, 2.05) is 54.3 Å². The monoisotopic (exact) mass is 356 g/mol. The van der Waals surface area contributed by atoms with Crippen LogP contribution >= 0.6 is 11.6 Å². The van der Waals surface area contributed by atoms with Crippen molar-refractivity contribution in [3.8, 4) is 0 Å². The summed E-state index contributed by atoms with van der Waals surface area (Å²) in [5.41, 5.74) is 2.44. The molecule has 2 aromatic carbocycles. The van der Waals surface area contributed by atoms with Gasteiger partial charge in [-0.05, 0) is 42.7 Å². The molecular weight excluding hydrogens is 336 g/mol. The highest BCUT2D eigenvalue weighted by Gasteiger charge is 2.20. The number of nitrogens with one attached hydrogen (secondary N) is 1. The Bertz CT molecular complexity index is 791. The Labute approximate surface area is 152 Å². The van der Waals surface area contributed by atoms with Crippen LogP contribution in [0.5, 0.6) is 0 Å². The largest absolute Gasteiger partial charge is 0.345 e. The molecule has 1 saturated heterocycles. The SMILES string of the molecule is C[C@H](NC(=O)c1cccc(CN2CCCC2=O)c1)c1ccccc1Cl. The molecule has 1 atom stereocenters. The van der Waals surface area contributed by atoms with Gasteiger partial charge in [-0.25, -0.2) is 0 Å². The van der Waals surface area contributed by atoms with Crippen molar-refractivity contribution in [2.45, 2.75) is 32.4 Å². The highest BCUT2D eigenvalue weighted by molar-refractivity contribution is 6.31. The lowest BCUT2D eigenvalue weighted by Gasteiger charge is -2.17. The molecule has 0 radical (unpaired) electrons. The third kappa shape index (κ3) is 4.20. The fourth-order valence-corrected chi connectivity index (χ4v) is 3.39. The van der Waals surface area contributed by atoms with Crippen LogP contribution in [0.4, 0.5) is 0 Å². The third-order valence-corrected chi connectivity index (χ3v) is 4.80. The maximum Gasteiger partial charge on any atom is 0.251 e. The topological polar surface area (TPSA) is 49.4 Å².